The van der Waals surface area contributed by atoms with Gasteiger partial charge in [0.05, 0.1) is 18.3 Å². The summed E-state index contributed by atoms with van der Waals surface area (Å²) in [5.41, 5.74) is 0. The number of hydrogen-bond acceptors (Lipinski definition) is 3. The molecule has 0 aliphatic carbocycles. The van der Waals surface area contributed by atoms with E-state index in [-0.39, 0.29) is 12.2 Å². The van der Waals surface area contributed by atoms with Gasteiger partial charge in [-0.15, -0.1) is 11.6 Å². The molecule has 0 amide bonds. The predicted octanol–water partition coefficient (Wildman–Crippen LogP) is 0.695. The number of morpholine rings is 1. The van der Waals surface area contributed by atoms with E-state index in [2.05, 4.69) is 18.7 Å². The molecular weight excluding hydrogens is 190 g/mol. The van der Waals surface area contributed by atoms with Gasteiger partial charge in [-0.25, -0.2) is 0 Å². The van der Waals surface area contributed by atoms with Gasteiger partial charge < -0.3 is 9.84 Å². The first-order chi connectivity index (χ1) is 6.11. The number of hydrogen-bond donors (Lipinski definition) is 1. The number of aliphatic hydroxyl groups is 1. The highest BCUT2D eigenvalue weighted by molar-refractivity contribution is 6.18. The fourth-order valence-electron chi connectivity index (χ4n) is 1.78. The van der Waals surface area contributed by atoms with Crippen LogP contribution in [0.4, 0.5) is 0 Å². The molecule has 0 saturated carbocycles. The monoisotopic (exact) mass is 207 g/mol. The molecule has 0 aromatic carbocycles. The Morgan fingerprint density at radius 2 is 2.00 bits per heavy atom. The highest BCUT2D eigenvalue weighted by atomic mass is 35.5. The van der Waals surface area contributed by atoms with Gasteiger partial charge in [0.15, 0.2) is 0 Å². The third-order valence-electron chi connectivity index (χ3n) is 2.14. The molecule has 0 radical (unpaired) electrons. The van der Waals surface area contributed by atoms with Gasteiger partial charge in [0, 0.05) is 25.5 Å². The van der Waals surface area contributed by atoms with Gasteiger partial charge in [-0.3, -0.25) is 4.90 Å². The minimum absolute atomic E-state index is 0.256. The number of ether oxygens (including phenoxy) is 1. The first-order valence-electron chi connectivity index (χ1n) is 4.73. The Bertz CT molecular complexity index is 147. The lowest BCUT2D eigenvalue weighted by atomic mass is 10.2. The van der Waals surface area contributed by atoms with E-state index in [4.69, 9.17) is 16.3 Å². The molecule has 1 saturated heterocycles. The van der Waals surface area contributed by atoms with E-state index >= 15 is 0 Å². The molecule has 3 nitrogen and oxygen atoms in total. The van der Waals surface area contributed by atoms with Gasteiger partial charge in [0.1, 0.15) is 0 Å². The number of rotatable bonds is 3. The van der Waals surface area contributed by atoms with E-state index in [1.807, 2.05) is 0 Å². The zero-order valence-corrected chi connectivity index (χ0v) is 9.00. The summed E-state index contributed by atoms with van der Waals surface area (Å²) in [5.74, 6) is 0.306. The zero-order chi connectivity index (χ0) is 9.84. The lowest BCUT2D eigenvalue weighted by Crippen LogP contribution is -2.48. The molecule has 3 atom stereocenters. The first kappa shape index (κ1) is 11.2. The predicted molar refractivity (Wildman–Crippen MR) is 53.2 cm³/mol. The van der Waals surface area contributed by atoms with Gasteiger partial charge >= 0.3 is 0 Å². The SMILES string of the molecule is C[C@@H]1CN(CC(O)CCl)C[C@H](C)O1. The van der Waals surface area contributed by atoms with Crippen molar-refractivity contribution in [2.24, 2.45) is 0 Å². The molecule has 0 aromatic heterocycles. The number of halogens is 1. The molecule has 1 N–H and O–H groups in total. The van der Waals surface area contributed by atoms with Crippen molar-refractivity contribution in [1.82, 2.24) is 4.90 Å². The molecule has 1 fully saturated rings. The average molecular weight is 208 g/mol. The van der Waals surface area contributed by atoms with Crippen LogP contribution in [0.5, 0.6) is 0 Å². The summed E-state index contributed by atoms with van der Waals surface area (Å²) in [6.45, 7) is 6.53. The number of nitrogens with zero attached hydrogens (tertiary/aromatic N) is 1. The molecule has 1 unspecified atom stereocenters. The summed E-state index contributed by atoms with van der Waals surface area (Å²) < 4.78 is 5.58. The second kappa shape index (κ2) is 5.15. The van der Waals surface area contributed by atoms with Crippen molar-refractivity contribution in [1.29, 1.82) is 0 Å². The van der Waals surface area contributed by atoms with Crippen molar-refractivity contribution >= 4 is 11.6 Å². The minimum Gasteiger partial charge on any atom is -0.391 e. The van der Waals surface area contributed by atoms with Gasteiger partial charge in [-0.2, -0.15) is 0 Å². The van der Waals surface area contributed by atoms with Crippen molar-refractivity contribution in [3.05, 3.63) is 0 Å². The molecule has 1 aliphatic rings. The zero-order valence-electron chi connectivity index (χ0n) is 8.24. The minimum atomic E-state index is -0.417. The topological polar surface area (TPSA) is 32.7 Å². The van der Waals surface area contributed by atoms with Crippen molar-refractivity contribution < 1.29 is 9.84 Å². The van der Waals surface area contributed by atoms with E-state index in [9.17, 15) is 5.11 Å². The number of aliphatic hydroxyl groups excluding tert-OH is 1. The third kappa shape index (κ3) is 3.81. The molecular formula is C9H18ClNO2. The molecule has 1 rings (SSSR count). The summed E-state index contributed by atoms with van der Waals surface area (Å²) >= 11 is 5.54. The fourth-order valence-corrected chi connectivity index (χ4v) is 1.88. The Hall–Kier alpha value is 0.170. The van der Waals surface area contributed by atoms with Crippen molar-refractivity contribution in [2.45, 2.75) is 32.2 Å². The van der Waals surface area contributed by atoms with Crippen molar-refractivity contribution in [3.63, 3.8) is 0 Å². The van der Waals surface area contributed by atoms with Crippen LogP contribution in [0.3, 0.4) is 0 Å². The van der Waals surface area contributed by atoms with Gasteiger partial charge in [0.2, 0.25) is 0 Å². The van der Waals surface area contributed by atoms with E-state index in [1.54, 1.807) is 0 Å². The molecule has 1 aliphatic heterocycles. The van der Waals surface area contributed by atoms with Crippen LogP contribution in [0, 0.1) is 0 Å². The molecule has 1 heterocycles. The Kier molecular flexibility index (Phi) is 4.46. The van der Waals surface area contributed by atoms with Crippen LogP contribution in [0.1, 0.15) is 13.8 Å². The average Bonchev–Trinajstić information content (AvgIpc) is 2.02. The summed E-state index contributed by atoms with van der Waals surface area (Å²) in [6, 6.07) is 0. The highest BCUT2D eigenvalue weighted by Crippen LogP contribution is 2.10. The maximum Gasteiger partial charge on any atom is 0.0802 e. The number of β-amino-alcohol motifs (C(OH)–C–C–N with tert-alkyl or cyclic N) is 1. The largest absolute Gasteiger partial charge is 0.391 e. The summed E-state index contributed by atoms with van der Waals surface area (Å²) in [6.07, 6.45) is 0.0942. The molecule has 0 bridgehead atoms. The van der Waals surface area contributed by atoms with Crippen molar-refractivity contribution in [3.8, 4) is 0 Å². The second-order valence-corrected chi connectivity index (χ2v) is 4.09. The van der Waals surface area contributed by atoms with E-state index in [1.165, 1.54) is 0 Å². The molecule has 13 heavy (non-hydrogen) atoms. The lowest BCUT2D eigenvalue weighted by Gasteiger charge is -2.36. The van der Waals surface area contributed by atoms with Crippen molar-refractivity contribution in [2.75, 3.05) is 25.5 Å². The Morgan fingerprint density at radius 3 is 2.46 bits per heavy atom. The smallest absolute Gasteiger partial charge is 0.0802 e. The van der Waals surface area contributed by atoms with Crippen LogP contribution < -0.4 is 0 Å². The fraction of sp³-hybridized carbons (Fsp3) is 1.00. The molecule has 0 spiro atoms. The van der Waals surface area contributed by atoms with Gasteiger partial charge in [-0.1, -0.05) is 0 Å². The Morgan fingerprint density at radius 1 is 1.46 bits per heavy atom. The van der Waals surface area contributed by atoms with E-state index < -0.39 is 6.10 Å². The van der Waals surface area contributed by atoms with Crippen LogP contribution in [0.25, 0.3) is 0 Å². The maximum atomic E-state index is 9.37. The van der Waals surface area contributed by atoms with Gasteiger partial charge in [-0.05, 0) is 13.8 Å². The van der Waals surface area contributed by atoms with Gasteiger partial charge in [0.25, 0.3) is 0 Å². The molecule has 0 aromatic rings. The van der Waals surface area contributed by atoms with Crippen LogP contribution in [0.15, 0.2) is 0 Å². The van der Waals surface area contributed by atoms with Crippen LogP contribution in [-0.2, 0) is 4.74 Å². The van der Waals surface area contributed by atoms with E-state index in [0.717, 1.165) is 13.1 Å². The highest BCUT2D eigenvalue weighted by Gasteiger charge is 2.23. The van der Waals surface area contributed by atoms with Crippen LogP contribution in [-0.4, -0.2) is 53.8 Å². The lowest BCUT2D eigenvalue weighted by molar-refractivity contribution is -0.0751. The van der Waals surface area contributed by atoms with E-state index in [0.29, 0.717) is 12.4 Å². The second-order valence-electron chi connectivity index (χ2n) is 3.78. The Balaban J connectivity index is 2.32. The molecule has 78 valence electrons. The number of alkyl halides is 1. The summed E-state index contributed by atoms with van der Waals surface area (Å²) in [7, 11) is 0. The van der Waals surface area contributed by atoms with Crippen LogP contribution in [0.2, 0.25) is 0 Å². The summed E-state index contributed by atoms with van der Waals surface area (Å²) in [4.78, 5) is 2.20. The molecule has 4 heteroatoms. The standard InChI is InChI=1S/C9H18ClNO2/c1-7-4-11(5-8(2)13-7)6-9(12)3-10/h7-9,12H,3-6H2,1-2H3/t7-,8+,9?. The first-order valence-corrected chi connectivity index (χ1v) is 5.27. The Labute approximate surface area is 84.6 Å². The normalized spacial score (nSPS) is 33.2. The van der Waals surface area contributed by atoms with Crippen LogP contribution >= 0.6 is 11.6 Å². The quantitative estimate of drug-likeness (QED) is 0.692. The third-order valence-corrected chi connectivity index (χ3v) is 2.50. The maximum absolute atomic E-state index is 9.37. The summed E-state index contributed by atoms with van der Waals surface area (Å²) in [5, 5.41) is 9.37.